The highest BCUT2D eigenvalue weighted by atomic mass is 35.5. The Morgan fingerprint density at radius 2 is 1.96 bits per heavy atom. The van der Waals surface area contributed by atoms with Crippen molar-refractivity contribution in [2.75, 3.05) is 25.0 Å². The van der Waals surface area contributed by atoms with Crippen LogP contribution in [0, 0.1) is 11.3 Å². The summed E-state index contributed by atoms with van der Waals surface area (Å²) in [7, 11) is 0. The van der Waals surface area contributed by atoms with Gasteiger partial charge in [-0.25, -0.2) is 0 Å². The number of benzene rings is 2. The number of hydrogen-bond donors (Lipinski definition) is 1. The highest BCUT2D eigenvalue weighted by molar-refractivity contribution is 6.30. The highest BCUT2D eigenvalue weighted by Gasteiger charge is 2.24. The molecule has 1 heterocycles. The number of ether oxygens (including phenoxy) is 1. The lowest BCUT2D eigenvalue weighted by atomic mass is 10.0. The van der Waals surface area contributed by atoms with Crippen molar-refractivity contribution < 1.29 is 9.53 Å². The van der Waals surface area contributed by atoms with Crippen LogP contribution in [0.5, 0.6) is 5.75 Å². The molecule has 5 nitrogen and oxygen atoms in total. The number of nitrogens with zero attached hydrogens (tertiary/aromatic N) is 2. The van der Waals surface area contributed by atoms with Crippen LogP contribution in [-0.4, -0.2) is 36.5 Å². The van der Waals surface area contributed by atoms with E-state index in [-0.39, 0.29) is 11.9 Å². The number of halogens is 1. The summed E-state index contributed by atoms with van der Waals surface area (Å²) in [6.45, 7) is 3.90. The minimum absolute atomic E-state index is 0.0423. The number of hydrogen-bond acceptors (Lipinski definition) is 4. The summed E-state index contributed by atoms with van der Waals surface area (Å²) < 4.78 is 5.42. The number of rotatable bonds is 5. The molecule has 1 fully saturated rings. The van der Waals surface area contributed by atoms with Crippen molar-refractivity contribution in [2.45, 2.75) is 25.8 Å². The van der Waals surface area contributed by atoms with E-state index in [4.69, 9.17) is 16.3 Å². The Hall–Kier alpha value is -2.71. The van der Waals surface area contributed by atoms with E-state index < -0.39 is 0 Å². The Morgan fingerprint density at radius 3 is 2.59 bits per heavy atom. The number of nitrogens with one attached hydrogen (secondary N) is 1. The first-order chi connectivity index (χ1) is 13.1. The first-order valence-electron chi connectivity index (χ1n) is 9.09. The van der Waals surface area contributed by atoms with Gasteiger partial charge in [-0.05, 0) is 62.2 Å². The second-order valence-corrected chi connectivity index (χ2v) is 6.91. The fourth-order valence-electron chi connectivity index (χ4n) is 3.22. The smallest absolute Gasteiger partial charge is 0.253 e. The zero-order valence-electron chi connectivity index (χ0n) is 15.2. The van der Waals surface area contributed by atoms with Gasteiger partial charge in [0.2, 0.25) is 0 Å². The number of piperidine rings is 1. The molecule has 27 heavy (non-hydrogen) atoms. The molecule has 0 bridgehead atoms. The molecule has 6 heteroatoms. The molecule has 1 aliphatic heterocycles. The second kappa shape index (κ2) is 8.79. The molecular weight excluding hydrogens is 362 g/mol. The van der Waals surface area contributed by atoms with Crippen LogP contribution in [0.15, 0.2) is 42.5 Å². The van der Waals surface area contributed by atoms with Crippen molar-refractivity contribution in [3.8, 4) is 11.8 Å². The molecule has 0 spiro atoms. The van der Waals surface area contributed by atoms with Crippen molar-refractivity contribution in [1.82, 2.24) is 4.90 Å². The predicted molar refractivity (Wildman–Crippen MR) is 106 cm³/mol. The molecule has 3 rings (SSSR count). The van der Waals surface area contributed by atoms with Gasteiger partial charge in [0.15, 0.2) is 0 Å². The first kappa shape index (κ1) is 19.1. The van der Waals surface area contributed by atoms with Gasteiger partial charge in [0.05, 0.1) is 17.9 Å². The Morgan fingerprint density at radius 1 is 1.26 bits per heavy atom. The molecule has 0 radical (unpaired) electrons. The third-order valence-electron chi connectivity index (χ3n) is 4.66. The van der Waals surface area contributed by atoms with Gasteiger partial charge in [-0.1, -0.05) is 11.6 Å². The lowest BCUT2D eigenvalue weighted by Gasteiger charge is -2.33. The standard InChI is InChI=1S/C21H22ClN3O2/c1-2-27-19-6-3-15(4-7-19)21(26)25-11-9-18(10-12-25)24-20-8-5-17(22)13-16(20)14-23/h3-8,13,18,24H,2,9-12H2,1H3. The lowest BCUT2D eigenvalue weighted by molar-refractivity contribution is 0.0718. The molecule has 2 aromatic carbocycles. The SMILES string of the molecule is CCOc1ccc(C(=O)N2CCC(Nc3ccc(Cl)cc3C#N)CC2)cc1. The summed E-state index contributed by atoms with van der Waals surface area (Å²) in [5.41, 5.74) is 2.00. The molecule has 0 atom stereocenters. The molecule has 1 saturated heterocycles. The first-order valence-corrected chi connectivity index (χ1v) is 9.47. The van der Waals surface area contributed by atoms with Gasteiger partial charge >= 0.3 is 0 Å². The van der Waals surface area contributed by atoms with Crippen LogP contribution >= 0.6 is 11.6 Å². The molecule has 0 saturated carbocycles. The summed E-state index contributed by atoms with van der Waals surface area (Å²) in [5, 5.41) is 13.2. The van der Waals surface area contributed by atoms with E-state index in [2.05, 4.69) is 11.4 Å². The van der Waals surface area contributed by atoms with E-state index in [1.54, 1.807) is 12.1 Å². The van der Waals surface area contributed by atoms with Gasteiger partial charge in [-0.15, -0.1) is 0 Å². The third kappa shape index (κ3) is 4.72. The van der Waals surface area contributed by atoms with Crippen LogP contribution in [0.4, 0.5) is 5.69 Å². The minimum atomic E-state index is 0.0423. The van der Waals surface area contributed by atoms with Gasteiger partial charge in [0.25, 0.3) is 5.91 Å². The number of carbonyl (C=O) groups excluding carboxylic acids is 1. The zero-order valence-corrected chi connectivity index (χ0v) is 16.0. The fraction of sp³-hybridized carbons (Fsp3) is 0.333. The normalized spacial score (nSPS) is 14.5. The summed E-state index contributed by atoms with van der Waals surface area (Å²) in [6.07, 6.45) is 1.66. The van der Waals surface area contributed by atoms with E-state index >= 15 is 0 Å². The topological polar surface area (TPSA) is 65.4 Å². The predicted octanol–water partition coefficient (Wildman–Crippen LogP) is 4.33. The van der Waals surface area contributed by atoms with Gasteiger partial charge in [-0.3, -0.25) is 4.79 Å². The summed E-state index contributed by atoms with van der Waals surface area (Å²) in [4.78, 5) is 14.6. The summed E-state index contributed by atoms with van der Waals surface area (Å²) in [6, 6.07) is 14.9. The van der Waals surface area contributed by atoms with Crippen molar-refractivity contribution in [3.05, 3.63) is 58.6 Å². The summed E-state index contributed by atoms with van der Waals surface area (Å²) >= 11 is 5.95. The van der Waals surface area contributed by atoms with E-state index in [1.807, 2.05) is 42.2 Å². The van der Waals surface area contributed by atoms with Crippen LogP contribution in [-0.2, 0) is 0 Å². The molecule has 0 unspecified atom stereocenters. The Balaban J connectivity index is 1.57. The maximum absolute atomic E-state index is 12.7. The molecule has 2 aromatic rings. The van der Waals surface area contributed by atoms with Gasteiger partial charge in [0, 0.05) is 29.7 Å². The van der Waals surface area contributed by atoms with Gasteiger partial charge < -0.3 is 15.0 Å². The monoisotopic (exact) mass is 383 g/mol. The maximum Gasteiger partial charge on any atom is 0.253 e. The maximum atomic E-state index is 12.7. The molecular formula is C21H22ClN3O2. The molecule has 1 N–H and O–H groups in total. The van der Waals surface area contributed by atoms with E-state index in [0.717, 1.165) is 24.3 Å². The number of likely N-dealkylation sites (tertiary alicyclic amines) is 1. The van der Waals surface area contributed by atoms with Crippen LogP contribution in [0.1, 0.15) is 35.7 Å². The highest BCUT2D eigenvalue weighted by Crippen LogP contribution is 2.24. The van der Waals surface area contributed by atoms with Crippen molar-refractivity contribution >= 4 is 23.2 Å². The van der Waals surface area contributed by atoms with Crippen LogP contribution < -0.4 is 10.1 Å². The van der Waals surface area contributed by atoms with Crippen molar-refractivity contribution in [3.63, 3.8) is 0 Å². The average Bonchev–Trinajstić information content (AvgIpc) is 2.70. The number of amides is 1. The van der Waals surface area contributed by atoms with Crippen LogP contribution in [0.3, 0.4) is 0 Å². The quantitative estimate of drug-likeness (QED) is 0.834. The molecule has 140 valence electrons. The minimum Gasteiger partial charge on any atom is -0.494 e. The van der Waals surface area contributed by atoms with Crippen LogP contribution in [0.25, 0.3) is 0 Å². The van der Waals surface area contributed by atoms with E-state index in [1.165, 1.54) is 0 Å². The van der Waals surface area contributed by atoms with Gasteiger partial charge in [-0.2, -0.15) is 5.26 Å². The lowest BCUT2D eigenvalue weighted by Crippen LogP contribution is -2.42. The van der Waals surface area contributed by atoms with Crippen molar-refractivity contribution in [1.29, 1.82) is 5.26 Å². The second-order valence-electron chi connectivity index (χ2n) is 6.47. The molecule has 0 aromatic heterocycles. The Kier molecular flexibility index (Phi) is 6.20. The Labute approximate surface area is 164 Å². The third-order valence-corrected chi connectivity index (χ3v) is 4.89. The van der Waals surface area contributed by atoms with Gasteiger partial charge in [0.1, 0.15) is 11.8 Å². The van der Waals surface area contributed by atoms with E-state index in [0.29, 0.717) is 35.8 Å². The number of nitriles is 1. The molecule has 0 aliphatic carbocycles. The number of anilines is 1. The zero-order chi connectivity index (χ0) is 19.2. The summed E-state index contributed by atoms with van der Waals surface area (Å²) in [5.74, 6) is 0.814. The molecule has 1 amide bonds. The Bertz CT molecular complexity index is 837. The largest absolute Gasteiger partial charge is 0.494 e. The molecule has 1 aliphatic rings. The van der Waals surface area contributed by atoms with E-state index in [9.17, 15) is 10.1 Å². The van der Waals surface area contributed by atoms with Crippen molar-refractivity contribution in [2.24, 2.45) is 0 Å². The van der Waals surface area contributed by atoms with Crippen LogP contribution in [0.2, 0.25) is 5.02 Å². The average molecular weight is 384 g/mol. The fourth-order valence-corrected chi connectivity index (χ4v) is 3.40. The number of carbonyl (C=O) groups is 1.